The summed E-state index contributed by atoms with van der Waals surface area (Å²) in [4.78, 5) is 8.54. The van der Waals surface area contributed by atoms with E-state index in [9.17, 15) is 5.11 Å². The highest BCUT2D eigenvalue weighted by atomic mass is 16.5. The predicted octanol–water partition coefficient (Wildman–Crippen LogP) is 2.14. The van der Waals surface area contributed by atoms with Crippen LogP contribution in [0.2, 0.25) is 0 Å². The fraction of sp³-hybridized carbons (Fsp3) is 0.714. The molecule has 1 N–H and O–H groups in total. The van der Waals surface area contributed by atoms with Crippen molar-refractivity contribution in [3.05, 3.63) is 11.9 Å². The van der Waals surface area contributed by atoms with Crippen LogP contribution in [0.15, 0.2) is 6.20 Å². The number of rotatable bonds is 3. The zero-order chi connectivity index (χ0) is 14.3. The molecule has 106 valence electrons. The first-order valence-corrected chi connectivity index (χ1v) is 6.50. The topological polar surface area (TPSA) is 64.5 Å². The van der Waals surface area contributed by atoms with Crippen LogP contribution in [0.25, 0.3) is 0 Å². The number of aromatic nitrogens is 2. The summed E-state index contributed by atoms with van der Waals surface area (Å²) in [6.45, 7) is 6.36. The molecule has 0 aliphatic heterocycles. The number of hydrogen-bond donors (Lipinski definition) is 1. The quantitative estimate of drug-likeness (QED) is 0.908. The van der Waals surface area contributed by atoms with Crippen LogP contribution < -0.4 is 9.47 Å². The summed E-state index contributed by atoms with van der Waals surface area (Å²) in [7, 11) is 3.06. The summed E-state index contributed by atoms with van der Waals surface area (Å²) in [5, 5.41) is 11.0. The minimum Gasteiger partial charge on any atom is -0.480 e. The van der Waals surface area contributed by atoms with Crippen LogP contribution in [0.1, 0.15) is 39.3 Å². The van der Waals surface area contributed by atoms with Gasteiger partial charge in [-0.05, 0) is 24.2 Å². The molecule has 5 nitrogen and oxygen atoms in total. The van der Waals surface area contributed by atoms with Gasteiger partial charge in [-0.25, -0.2) is 4.98 Å². The first-order valence-electron chi connectivity index (χ1n) is 6.50. The summed E-state index contributed by atoms with van der Waals surface area (Å²) in [6, 6.07) is 0. The van der Waals surface area contributed by atoms with E-state index in [0.29, 0.717) is 23.9 Å². The Hall–Kier alpha value is -1.36. The molecule has 0 spiro atoms. The van der Waals surface area contributed by atoms with Crippen molar-refractivity contribution in [3.63, 3.8) is 0 Å². The molecular formula is C14H22N2O3. The summed E-state index contributed by atoms with van der Waals surface area (Å²) in [6.07, 6.45) is 3.12. The molecule has 0 bridgehead atoms. The van der Waals surface area contributed by atoms with E-state index in [4.69, 9.17) is 9.47 Å². The maximum Gasteiger partial charge on any atom is 0.241 e. The van der Waals surface area contributed by atoms with E-state index < -0.39 is 5.60 Å². The lowest BCUT2D eigenvalue weighted by molar-refractivity contribution is -0.00786. The maximum absolute atomic E-state index is 11.0. The molecule has 1 fully saturated rings. The van der Waals surface area contributed by atoms with E-state index in [0.717, 1.165) is 6.42 Å². The third kappa shape index (κ3) is 2.39. The Morgan fingerprint density at radius 1 is 1.32 bits per heavy atom. The lowest BCUT2D eigenvalue weighted by Gasteiger charge is -2.28. The van der Waals surface area contributed by atoms with Gasteiger partial charge < -0.3 is 14.6 Å². The van der Waals surface area contributed by atoms with Crippen molar-refractivity contribution >= 4 is 0 Å². The van der Waals surface area contributed by atoms with Crippen LogP contribution in [0.5, 0.6) is 11.8 Å². The Bertz CT molecular complexity index is 476. The SMILES string of the molecule is COc1cnc(C2(O)CC(C)(C)CC2C)c(OC)n1. The van der Waals surface area contributed by atoms with Crippen molar-refractivity contribution in [1.29, 1.82) is 0 Å². The molecule has 0 amide bonds. The monoisotopic (exact) mass is 266 g/mol. The Morgan fingerprint density at radius 3 is 2.47 bits per heavy atom. The second kappa shape index (κ2) is 4.63. The molecule has 0 saturated heterocycles. The van der Waals surface area contributed by atoms with Gasteiger partial charge in [-0.1, -0.05) is 20.8 Å². The predicted molar refractivity (Wildman–Crippen MR) is 71.2 cm³/mol. The molecular weight excluding hydrogens is 244 g/mol. The number of methoxy groups -OCH3 is 2. The zero-order valence-corrected chi connectivity index (χ0v) is 12.2. The van der Waals surface area contributed by atoms with E-state index in [1.165, 1.54) is 20.4 Å². The average Bonchev–Trinajstić information content (AvgIpc) is 2.57. The van der Waals surface area contributed by atoms with Gasteiger partial charge in [0.25, 0.3) is 0 Å². The first kappa shape index (κ1) is 14.1. The van der Waals surface area contributed by atoms with Gasteiger partial charge in [0.05, 0.1) is 20.4 Å². The van der Waals surface area contributed by atoms with Gasteiger partial charge in [0, 0.05) is 0 Å². The second-order valence-corrected chi connectivity index (χ2v) is 6.14. The van der Waals surface area contributed by atoms with Crippen LogP contribution in [0.3, 0.4) is 0 Å². The summed E-state index contributed by atoms with van der Waals surface area (Å²) in [5.74, 6) is 0.833. The van der Waals surface area contributed by atoms with E-state index in [-0.39, 0.29) is 11.3 Å². The molecule has 1 heterocycles. The minimum atomic E-state index is -0.992. The lowest BCUT2D eigenvalue weighted by atomic mass is 9.87. The molecule has 1 aromatic rings. The van der Waals surface area contributed by atoms with Crippen molar-refractivity contribution in [2.75, 3.05) is 14.2 Å². The van der Waals surface area contributed by atoms with Gasteiger partial charge in [-0.3, -0.25) is 0 Å². The van der Waals surface area contributed by atoms with Crippen molar-refractivity contribution in [1.82, 2.24) is 9.97 Å². The molecule has 1 aliphatic rings. The van der Waals surface area contributed by atoms with Gasteiger partial charge in [0.15, 0.2) is 0 Å². The zero-order valence-electron chi connectivity index (χ0n) is 12.2. The van der Waals surface area contributed by atoms with Gasteiger partial charge in [0.1, 0.15) is 11.3 Å². The first-order chi connectivity index (χ1) is 8.82. The van der Waals surface area contributed by atoms with Crippen molar-refractivity contribution in [2.45, 2.75) is 39.2 Å². The average molecular weight is 266 g/mol. The third-order valence-corrected chi connectivity index (χ3v) is 3.95. The highest BCUT2D eigenvalue weighted by Crippen LogP contribution is 2.53. The fourth-order valence-electron chi connectivity index (χ4n) is 3.19. The summed E-state index contributed by atoms with van der Waals surface area (Å²) in [5.41, 5.74) is -0.400. The maximum atomic E-state index is 11.0. The molecule has 1 aliphatic carbocycles. The second-order valence-electron chi connectivity index (χ2n) is 6.14. The van der Waals surface area contributed by atoms with Crippen LogP contribution in [0.4, 0.5) is 0 Å². The van der Waals surface area contributed by atoms with Gasteiger partial charge >= 0.3 is 0 Å². The Kier molecular flexibility index (Phi) is 3.43. The fourth-order valence-corrected chi connectivity index (χ4v) is 3.19. The Balaban J connectivity index is 2.46. The molecule has 1 saturated carbocycles. The Morgan fingerprint density at radius 2 is 2.00 bits per heavy atom. The van der Waals surface area contributed by atoms with Gasteiger partial charge in [-0.15, -0.1) is 0 Å². The van der Waals surface area contributed by atoms with Gasteiger partial charge in [0.2, 0.25) is 11.8 Å². The largest absolute Gasteiger partial charge is 0.480 e. The van der Waals surface area contributed by atoms with Crippen molar-refractivity contribution in [2.24, 2.45) is 11.3 Å². The molecule has 19 heavy (non-hydrogen) atoms. The summed E-state index contributed by atoms with van der Waals surface area (Å²) < 4.78 is 10.3. The number of aliphatic hydroxyl groups is 1. The van der Waals surface area contributed by atoms with E-state index in [1.54, 1.807) is 0 Å². The highest BCUT2D eigenvalue weighted by molar-refractivity contribution is 5.30. The number of hydrogen-bond acceptors (Lipinski definition) is 5. The van der Waals surface area contributed by atoms with Gasteiger partial charge in [-0.2, -0.15) is 4.98 Å². The third-order valence-electron chi connectivity index (χ3n) is 3.95. The molecule has 5 heteroatoms. The van der Waals surface area contributed by atoms with E-state index in [1.807, 2.05) is 6.92 Å². The standard InChI is InChI=1S/C14H22N2O3/c1-9-6-13(2,3)8-14(9,17)11-12(19-5)16-10(18-4)7-15-11/h7,9,17H,6,8H2,1-5H3. The molecule has 2 atom stereocenters. The van der Waals surface area contributed by atoms with E-state index >= 15 is 0 Å². The lowest BCUT2D eigenvalue weighted by Crippen LogP contribution is -2.31. The number of nitrogens with zero attached hydrogens (tertiary/aromatic N) is 2. The molecule has 0 aromatic carbocycles. The number of ether oxygens (including phenoxy) is 2. The van der Waals surface area contributed by atoms with Crippen LogP contribution in [0, 0.1) is 11.3 Å². The van der Waals surface area contributed by atoms with Crippen LogP contribution in [-0.4, -0.2) is 29.3 Å². The van der Waals surface area contributed by atoms with Crippen molar-refractivity contribution < 1.29 is 14.6 Å². The smallest absolute Gasteiger partial charge is 0.241 e. The Labute approximate surface area is 114 Å². The molecule has 0 radical (unpaired) electrons. The summed E-state index contributed by atoms with van der Waals surface area (Å²) >= 11 is 0. The molecule has 1 aromatic heterocycles. The van der Waals surface area contributed by atoms with E-state index in [2.05, 4.69) is 23.8 Å². The molecule has 2 rings (SSSR count). The minimum absolute atomic E-state index is 0.0841. The van der Waals surface area contributed by atoms with Crippen LogP contribution in [-0.2, 0) is 5.60 Å². The van der Waals surface area contributed by atoms with Crippen molar-refractivity contribution in [3.8, 4) is 11.8 Å². The normalized spacial score (nSPS) is 29.3. The molecule has 2 unspecified atom stereocenters. The highest BCUT2D eigenvalue weighted by Gasteiger charge is 2.51. The van der Waals surface area contributed by atoms with Crippen LogP contribution >= 0.6 is 0 Å².